The smallest absolute Gasteiger partial charge is 0.317 e. The Kier molecular flexibility index (Phi) is 3.82. The number of carbonyl (C=O) groups is 1. The summed E-state index contributed by atoms with van der Waals surface area (Å²) in [5, 5.41) is 2.98. The number of rotatable bonds is 1. The van der Waals surface area contributed by atoms with Gasteiger partial charge in [0.1, 0.15) is 0 Å². The quantitative estimate of drug-likeness (QED) is 0.775. The van der Waals surface area contributed by atoms with Gasteiger partial charge in [0, 0.05) is 32.5 Å². The predicted molar refractivity (Wildman–Crippen MR) is 68.3 cm³/mol. The van der Waals surface area contributed by atoms with Crippen LogP contribution in [0.1, 0.15) is 33.6 Å². The molecule has 0 aromatic heterocycles. The second kappa shape index (κ2) is 5.05. The van der Waals surface area contributed by atoms with E-state index >= 15 is 0 Å². The molecule has 1 spiro atoms. The number of hydrogen-bond acceptors (Lipinski definition) is 3. The number of urea groups is 1. The Hall–Kier alpha value is -0.810. The Bertz CT molecular complexity index is 296. The topological polar surface area (TPSA) is 50.8 Å². The summed E-state index contributed by atoms with van der Waals surface area (Å²) >= 11 is 0. The molecule has 0 atom stereocenters. The van der Waals surface area contributed by atoms with Crippen LogP contribution in [0, 0.1) is 5.41 Å². The molecule has 0 saturated carbocycles. The van der Waals surface area contributed by atoms with E-state index < -0.39 is 5.79 Å². The minimum Gasteiger partial charge on any atom is -0.347 e. The number of likely N-dealkylation sites (tertiary alicyclic amines) is 1. The Balaban J connectivity index is 1.77. The number of nitrogens with one attached hydrogen (secondary N) is 1. The van der Waals surface area contributed by atoms with Crippen LogP contribution in [-0.2, 0) is 9.47 Å². The van der Waals surface area contributed by atoms with Crippen molar-refractivity contribution in [2.24, 2.45) is 5.41 Å². The molecule has 0 bridgehead atoms. The van der Waals surface area contributed by atoms with E-state index in [1.165, 1.54) is 0 Å². The molecule has 2 amide bonds. The van der Waals surface area contributed by atoms with Gasteiger partial charge in [0.25, 0.3) is 0 Å². The highest BCUT2D eigenvalue weighted by molar-refractivity contribution is 5.74. The summed E-state index contributed by atoms with van der Waals surface area (Å²) in [6.45, 7) is 9.79. The highest BCUT2D eigenvalue weighted by Crippen LogP contribution is 2.31. The fourth-order valence-electron chi connectivity index (χ4n) is 2.29. The lowest BCUT2D eigenvalue weighted by atomic mass is 9.97. The van der Waals surface area contributed by atoms with Crippen LogP contribution in [0.3, 0.4) is 0 Å². The number of amides is 2. The van der Waals surface area contributed by atoms with E-state index in [1.807, 2.05) is 4.90 Å². The second-order valence-corrected chi connectivity index (χ2v) is 6.31. The maximum absolute atomic E-state index is 12.0. The van der Waals surface area contributed by atoms with Crippen LogP contribution in [0.5, 0.6) is 0 Å². The molecule has 1 N–H and O–H groups in total. The monoisotopic (exact) mass is 256 g/mol. The minimum absolute atomic E-state index is 0.0257. The van der Waals surface area contributed by atoms with Crippen molar-refractivity contribution in [1.82, 2.24) is 10.2 Å². The molecule has 2 aliphatic heterocycles. The van der Waals surface area contributed by atoms with Gasteiger partial charge < -0.3 is 19.7 Å². The highest BCUT2D eigenvalue weighted by Gasteiger charge is 2.40. The maximum Gasteiger partial charge on any atom is 0.317 e. The molecule has 2 aliphatic rings. The third-order valence-corrected chi connectivity index (χ3v) is 3.40. The van der Waals surface area contributed by atoms with Crippen molar-refractivity contribution in [3.8, 4) is 0 Å². The van der Waals surface area contributed by atoms with Crippen molar-refractivity contribution in [1.29, 1.82) is 0 Å². The molecule has 5 nitrogen and oxygen atoms in total. The Morgan fingerprint density at radius 2 is 1.78 bits per heavy atom. The average Bonchev–Trinajstić information content (AvgIpc) is 2.75. The molecule has 2 rings (SSSR count). The molecular formula is C13H24N2O3. The van der Waals surface area contributed by atoms with E-state index in [2.05, 4.69) is 26.1 Å². The van der Waals surface area contributed by atoms with Crippen LogP contribution in [0.25, 0.3) is 0 Å². The third-order valence-electron chi connectivity index (χ3n) is 3.40. The van der Waals surface area contributed by atoms with Crippen molar-refractivity contribution in [3.63, 3.8) is 0 Å². The molecule has 2 saturated heterocycles. The van der Waals surface area contributed by atoms with Crippen molar-refractivity contribution in [2.45, 2.75) is 39.4 Å². The molecule has 5 heteroatoms. The third kappa shape index (κ3) is 3.36. The zero-order valence-electron chi connectivity index (χ0n) is 11.6. The van der Waals surface area contributed by atoms with Gasteiger partial charge in [-0.15, -0.1) is 0 Å². The van der Waals surface area contributed by atoms with Crippen LogP contribution >= 0.6 is 0 Å². The molecule has 0 aliphatic carbocycles. The first-order valence-electron chi connectivity index (χ1n) is 6.71. The van der Waals surface area contributed by atoms with Gasteiger partial charge in [0.2, 0.25) is 0 Å². The van der Waals surface area contributed by atoms with E-state index in [1.54, 1.807) is 0 Å². The van der Waals surface area contributed by atoms with Gasteiger partial charge in [0.15, 0.2) is 5.79 Å². The Morgan fingerprint density at radius 1 is 1.22 bits per heavy atom. The number of ether oxygens (including phenoxy) is 2. The standard InChI is InChI=1S/C13H24N2O3/c1-12(2,3)10-14-11(16)15-6-4-13(5-7-15)17-8-9-18-13/h4-10H2,1-3H3,(H,14,16). The van der Waals surface area contributed by atoms with Gasteiger partial charge in [-0.05, 0) is 5.41 Å². The molecular weight excluding hydrogens is 232 g/mol. The van der Waals surface area contributed by atoms with E-state index in [0.717, 1.165) is 12.8 Å². The summed E-state index contributed by atoms with van der Waals surface area (Å²) in [6.07, 6.45) is 1.55. The normalized spacial score (nSPS) is 23.4. The number of nitrogens with zero attached hydrogens (tertiary/aromatic N) is 1. The number of carbonyl (C=O) groups excluding carboxylic acids is 1. The molecule has 18 heavy (non-hydrogen) atoms. The van der Waals surface area contributed by atoms with Gasteiger partial charge in [-0.2, -0.15) is 0 Å². The van der Waals surface area contributed by atoms with E-state index in [-0.39, 0.29) is 11.4 Å². The lowest BCUT2D eigenvalue weighted by Gasteiger charge is -2.37. The number of piperidine rings is 1. The Labute approximate surface area is 109 Å². The van der Waals surface area contributed by atoms with E-state index in [0.29, 0.717) is 32.8 Å². The van der Waals surface area contributed by atoms with Crippen molar-refractivity contribution >= 4 is 6.03 Å². The first kappa shape index (κ1) is 13.6. The van der Waals surface area contributed by atoms with Gasteiger partial charge in [-0.25, -0.2) is 4.79 Å². The fourth-order valence-corrected chi connectivity index (χ4v) is 2.29. The summed E-state index contributed by atoms with van der Waals surface area (Å²) in [4.78, 5) is 13.8. The first-order chi connectivity index (χ1) is 8.40. The number of hydrogen-bond donors (Lipinski definition) is 1. The second-order valence-electron chi connectivity index (χ2n) is 6.31. The Morgan fingerprint density at radius 3 is 2.28 bits per heavy atom. The molecule has 0 unspecified atom stereocenters. The summed E-state index contributed by atoms with van der Waals surface area (Å²) in [5.41, 5.74) is 0.115. The van der Waals surface area contributed by atoms with Crippen LogP contribution in [0.15, 0.2) is 0 Å². The molecule has 104 valence electrons. The molecule has 0 radical (unpaired) electrons. The van der Waals surface area contributed by atoms with Gasteiger partial charge in [-0.3, -0.25) is 0 Å². The SMILES string of the molecule is CC(C)(C)CNC(=O)N1CCC2(CC1)OCCO2. The van der Waals surface area contributed by atoms with Crippen molar-refractivity contribution in [2.75, 3.05) is 32.8 Å². The zero-order chi connectivity index (χ0) is 13.2. The van der Waals surface area contributed by atoms with Crippen molar-refractivity contribution < 1.29 is 14.3 Å². The first-order valence-corrected chi connectivity index (χ1v) is 6.71. The summed E-state index contributed by atoms with van der Waals surface area (Å²) in [6, 6.07) is 0.0257. The van der Waals surface area contributed by atoms with Gasteiger partial charge >= 0.3 is 6.03 Å². The highest BCUT2D eigenvalue weighted by atomic mass is 16.7. The molecule has 2 fully saturated rings. The van der Waals surface area contributed by atoms with Crippen LogP contribution in [0.2, 0.25) is 0 Å². The van der Waals surface area contributed by atoms with Crippen LogP contribution in [0.4, 0.5) is 4.79 Å². The zero-order valence-corrected chi connectivity index (χ0v) is 11.6. The largest absolute Gasteiger partial charge is 0.347 e. The van der Waals surface area contributed by atoms with Crippen LogP contribution in [-0.4, -0.2) is 49.6 Å². The molecule has 0 aromatic rings. The van der Waals surface area contributed by atoms with Crippen molar-refractivity contribution in [3.05, 3.63) is 0 Å². The van der Waals surface area contributed by atoms with Gasteiger partial charge in [-0.1, -0.05) is 20.8 Å². The summed E-state index contributed by atoms with van der Waals surface area (Å²) in [5.74, 6) is -0.402. The molecule has 0 aromatic carbocycles. The summed E-state index contributed by atoms with van der Waals surface area (Å²) in [7, 11) is 0. The van der Waals surface area contributed by atoms with E-state index in [4.69, 9.17) is 9.47 Å². The maximum atomic E-state index is 12.0. The minimum atomic E-state index is -0.402. The predicted octanol–water partition coefficient (Wildman–Crippen LogP) is 1.58. The summed E-state index contributed by atoms with van der Waals surface area (Å²) < 4.78 is 11.3. The van der Waals surface area contributed by atoms with E-state index in [9.17, 15) is 4.79 Å². The molecule has 2 heterocycles. The lowest BCUT2D eigenvalue weighted by Crippen LogP contribution is -2.51. The van der Waals surface area contributed by atoms with Gasteiger partial charge in [0.05, 0.1) is 13.2 Å². The van der Waals surface area contributed by atoms with Crippen LogP contribution < -0.4 is 5.32 Å². The lowest BCUT2D eigenvalue weighted by molar-refractivity contribution is -0.181. The average molecular weight is 256 g/mol. The fraction of sp³-hybridized carbons (Fsp3) is 0.923.